The van der Waals surface area contributed by atoms with E-state index in [-0.39, 0.29) is 30.0 Å². The Kier molecular flexibility index (Phi) is 5.24. The number of ether oxygens (including phenoxy) is 1. The van der Waals surface area contributed by atoms with E-state index in [1.165, 1.54) is 0 Å². The van der Waals surface area contributed by atoms with E-state index in [4.69, 9.17) is 4.74 Å². The zero-order valence-electron chi connectivity index (χ0n) is 15.0. The largest absolute Gasteiger partial charge is 0.427 e. The van der Waals surface area contributed by atoms with Gasteiger partial charge in [-0.2, -0.15) is 11.8 Å². The van der Waals surface area contributed by atoms with Gasteiger partial charge in [-0.3, -0.25) is 9.59 Å². The number of amides is 3. The molecule has 4 rings (SSSR count). The van der Waals surface area contributed by atoms with Crippen LogP contribution in [-0.2, 0) is 16.0 Å². The summed E-state index contributed by atoms with van der Waals surface area (Å²) < 4.78 is 5.44. The summed E-state index contributed by atoms with van der Waals surface area (Å²) >= 11 is 1.89. The minimum atomic E-state index is -0.234. The van der Waals surface area contributed by atoms with Crippen LogP contribution in [0, 0.1) is 0 Å². The van der Waals surface area contributed by atoms with Crippen molar-refractivity contribution in [2.24, 2.45) is 0 Å². The number of urea groups is 1. The topological polar surface area (TPSA) is 96.5 Å². The van der Waals surface area contributed by atoms with Crippen molar-refractivity contribution in [3.05, 3.63) is 23.8 Å². The third-order valence-electron chi connectivity index (χ3n) is 5.26. The summed E-state index contributed by atoms with van der Waals surface area (Å²) in [6.45, 7) is 0. The van der Waals surface area contributed by atoms with Gasteiger partial charge in [0.2, 0.25) is 5.91 Å². The van der Waals surface area contributed by atoms with Crippen molar-refractivity contribution in [1.29, 1.82) is 0 Å². The van der Waals surface area contributed by atoms with E-state index in [2.05, 4.69) is 16.0 Å². The lowest BCUT2D eigenvalue weighted by molar-refractivity contribution is -0.134. The molecule has 3 heterocycles. The molecule has 2 saturated heterocycles. The molecule has 0 aromatic heterocycles. The number of thioether (sulfide) groups is 1. The van der Waals surface area contributed by atoms with Gasteiger partial charge < -0.3 is 20.7 Å². The number of rotatable bonds is 6. The predicted molar refractivity (Wildman–Crippen MR) is 103 cm³/mol. The molecule has 0 bridgehead atoms. The zero-order chi connectivity index (χ0) is 18.8. The van der Waals surface area contributed by atoms with E-state index >= 15 is 0 Å². The second kappa shape index (κ2) is 7.80. The highest BCUT2D eigenvalue weighted by Gasteiger charge is 2.42. The fourth-order valence-electron chi connectivity index (χ4n) is 3.86. The molecule has 1 aromatic carbocycles. The van der Waals surface area contributed by atoms with Crippen LogP contribution in [0.1, 0.15) is 37.7 Å². The molecule has 8 heteroatoms. The van der Waals surface area contributed by atoms with E-state index < -0.39 is 0 Å². The van der Waals surface area contributed by atoms with Crippen LogP contribution in [0.2, 0.25) is 0 Å². The van der Waals surface area contributed by atoms with Gasteiger partial charge >= 0.3 is 12.0 Å². The first-order chi connectivity index (χ1) is 13.1. The van der Waals surface area contributed by atoms with Gasteiger partial charge in [0.05, 0.1) is 12.1 Å². The molecule has 27 heavy (non-hydrogen) atoms. The van der Waals surface area contributed by atoms with Gasteiger partial charge in [0, 0.05) is 29.5 Å². The number of benzene rings is 1. The first-order valence-electron chi connectivity index (χ1n) is 9.40. The molecule has 0 aliphatic carbocycles. The maximum Gasteiger partial charge on any atom is 0.315 e. The van der Waals surface area contributed by atoms with E-state index in [0.29, 0.717) is 30.3 Å². The highest BCUT2D eigenvalue weighted by atomic mass is 32.2. The van der Waals surface area contributed by atoms with Crippen molar-refractivity contribution in [1.82, 2.24) is 10.6 Å². The Morgan fingerprint density at radius 1 is 1.19 bits per heavy atom. The molecule has 3 aliphatic heterocycles. The van der Waals surface area contributed by atoms with Gasteiger partial charge in [-0.05, 0) is 43.0 Å². The third kappa shape index (κ3) is 4.21. The fourth-order valence-corrected chi connectivity index (χ4v) is 5.41. The fraction of sp³-hybridized carbons (Fsp3) is 0.526. The maximum absolute atomic E-state index is 12.1. The van der Waals surface area contributed by atoms with E-state index in [1.807, 2.05) is 17.8 Å². The van der Waals surface area contributed by atoms with Crippen molar-refractivity contribution in [3.63, 3.8) is 0 Å². The quantitative estimate of drug-likeness (QED) is 0.300. The van der Waals surface area contributed by atoms with Crippen LogP contribution in [0.25, 0.3) is 0 Å². The average molecular weight is 389 g/mol. The number of hydrogen-bond acceptors (Lipinski definition) is 5. The van der Waals surface area contributed by atoms with E-state index in [9.17, 15) is 14.4 Å². The van der Waals surface area contributed by atoms with Gasteiger partial charge in [0.25, 0.3) is 0 Å². The summed E-state index contributed by atoms with van der Waals surface area (Å²) in [5.74, 6) is 1.27. The molecular formula is C19H23N3O4S. The first kappa shape index (κ1) is 18.2. The Hall–Kier alpha value is -2.22. The molecule has 2 fully saturated rings. The smallest absolute Gasteiger partial charge is 0.315 e. The standard InChI is InChI=1S/C19H23N3O4S/c23-16-8-5-11-9-12(6-7-13(11)20-16)26-17(24)4-2-1-3-15-18-14(10-27-15)21-19(25)22-18/h6-7,9,14-15,18H,1-5,8,10H2,(H,20,23)(H2,21,22,25)/t14-,15+,18-/m1/s1. The van der Waals surface area contributed by atoms with Crippen LogP contribution in [-0.4, -0.2) is 41.0 Å². The molecule has 0 spiro atoms. The Bertz CT molecular complexity index is 769. The Morgan fingerprint density at radius 2 is 2.07 bits per heavy atom. The molecule has 3 N–H and O–H groups in total. The van der Waals surface area contributed by atoms with Gasteiger partial charge in [-0.15, -0.1) is 0 Å². The summed E-state index contributed by atoms with van der Waals surface area (Å²) in [6, 6.07) is 5.72. The van der Waals surface area contributed by atoms with Crippen LogP contribution >= 0.6 is 11.8 Å². The summed E-state index contributed by atoms with van der Waals surface area (Å²) in [4.78, 5) is 34.9. The van der Waals surface area contributed by atoms with E-state index in [1.54, 1.807) is 12.1 Å². The minimum Gasteiger partial charge on any atom is -0.427 e. The molecule has 0 saturated carbocycles. The van der Waals surface area contributed by atoms with Crippen molar-refractivity contribution in [2.45, 2.75) is 55.9 Å². The van der Waals surface area contributed by atoms with Crippen LogP contribution in [0.4, 0.5) is 10.5 Å². The molecule has 0 radical (unpaired) electrons. The number of anilines is 1. The number of esters is 1. The third-order valence-corrected chi connectivity index (χ3v) is 6.77. The second-order valence-electron chi connectivity index (χ2n) is 7.21. The number of aryl methyl sites for hydroxylation is 1. The summed E-state index contributed by atoms with van der Waals surface area (Å²) in [6.07, 6.45) is 4.20. The molecule has 3 atom stereocenters. The van der Waals surface area contributed by atoms with Crippen LogP contribution in [0.5, 0.6) is 5.75 Å². The summed E-state index contributed by atoms with van der Waals surface area (Å²) in [7, 11) is 0. The van der Waals surface area contributed by atoms with Gasteiger partial charge in [-0.25, -0.2) is 4.79 Å². The van der Waals surface area contributed by atoms with Crippen LogP contribution < -0.4 is 20.7 Å². The Labute approximate surface area is 162 Å². The molecule has 0 unspecified atom stereocenters. The van der Waals surface area contributed by atoms with Gasteiger partial charge in [0.1, 0.15) is 5.75 Å². The highest BCUT2D eigenvalue weighted by Crippen LogP contribution is 2.33. The number of unbranched alkanes of at least 4 members (excludes halogenated alkanes) is 1. The number of carbonyl (C=O) groups excluding carboxylic acids is 3. The molecule has 1 aromatic rings. The molecule has 3 aliphatic rings. The Balaban J connectivity index is 1.19. The monoisotopic (exact) mass is 389 g/mol. The molecule has 144 valence electrons. The van der Waals surface area contributed by atoms with Crippen molar-refractivity contribution in [2.75, 3.05) is 11.1 Å². The Morgan fingerprint density at radius 3 is 2.96 bits per heavy atom. The number of nitrogens with one attached hydrogen (secondary N) is 3. The molecular weight excluding hydrogens is 366 g/mol. The lowest BCUT2D eigenvalue weighted by atomic mass is 10.0. The number of hydrogen-bond donors (Lipinski definition) is 3. The molecule has 3 amide bonds. The maximum atomic E-state index is 12.1. The van der Waals surface area contributed by atoms with E-state index in [0.717, 1.165) is 36.3 Å². The first-order valence-corrected chi connectivity index (χ1v) is 10.5. The summed E-state index contributed by atoms with van der Waals surface area (Å²) in [5, 5.41) is 9.16. The minimum absolute atomic E-state index is 0.0203. The predicted octanol–water partition coefficient (Wildman–Crippen LogP) is 2.20. The second-order valence-corrected chi connectivity index (χ2v) is 8.48. The summed E-state index contributed by atoms with van der Waals surface area (Å²) in [5.41, 5.74) is 1.80. The normalized spacial score (nSPS) is 25.9. The van der Waals surface area contributed by atoms with Crippen molar-refractivity contribution < 1.29 is 19.1 Å². The van der Waals surface area contributed by atoms with Crippen molar-refractivity contribution >= 4 is 35.4 Å². The van der Waals surface area contributed by atoms with Crippen LogP contribution in [0.15, 0.2) is 18.2 Å². The van der Waals surface area contributed by atoms with Gasteiger partial charge in [-0.1, -0.05) is 6.42 Å². The van der Waals surface area contributed by atoms with Gasteiger partial charge in [0.15, 0.2) is 0 Å². The number of carbonyl (C=O) groups is 3. The SMILES string of the molecule is O=C1CCc2cc(OC(=O)CCCC[C@@H]3SC[C@H]4NC(=O)N[C@@H]34)ccc2N1. The molecule has 7 nitrogen and oxygen atoms in total. The van der Waals surface area contributed by atoms with Crippen molar-refractivity contribution in [3.8, 4) is 5.75 Å². The highest BCUT2D eigenvalue weighted by molar-refractivity contribution is 8.00. The lowest BCUT2D eigenvalue weighted by Gasteiger charge is -2.17. The lowest BCUT2D eigenvalue weighted by Crippen LogP contribution is -2.36. The van der Waals surface area contributed by atoms with Crippen LogP contribution in [0.3, 0.4) is 0 Å². The zero-order valence-corrected chi connectivity index (χ0v) is 15.8. The average Bonchev–Trinajstić information content (AvgIpc) is 3.18. The number of fused-ring (bicyclic) bond motifs is 2.